The smallest absolute Gasteiger partial charge is 0.199 e. The molecule has 1 aromatic carbocycles. The summed E-state index contributed by atoms with van der Waals surface area (Å²) in [5, 5.41) is 5.89. The molecule has 0 fully saturated rings. The molecule has 0 atom stereocenters. The predicted octanol–water partition coefficient (Wildman–Crippen LogP) is 5.09. The third-order valence-corrected chi connectivity index (χ3v) is 5.32. The fourth-order valence-electron chi connectivity index (χ4n) is 3.56. The van der Waals surface area contributed by atoms with E-state index in [0.717, 1.165) is 42.4 Å². The molecule has 0 amide bonds. The highest BCUT2D eigenvalue weighted by Crippen LogP contribution is 2.27. The molecular weight excluding hydrogens is 372 g/mol. The maximum Gasteiger partial charge on any atom is 0.199 e. The van der Waals surface area contributed by atoms with Crippen LogP contribution < -0.4 is 0 Å². The van der Waals surface area contributed by atoms with Crippen molar-refractivity contribution in [3.05, 3.63) is 58.8 Å². The molecule has 0 bridgehead atoms. The topological polar surface area (TPSA) is 52.3 Å². The largest absolute Gasteiger partial charge is 0.461 e. The molecule has 146 valence electrons. The first-order valence-electron chi connectivity index (χ1n) is 9.51. The maximum atomic E-state index is 6.03. The minimum Gasteiger partial charge on any atom is -0.461 e. The van der Waals surface area contributed by atoms with E-state index >= 15 is 0 Å². The Labute approximate surface area is 169 Å². The number of aryl methyl sites for hydroxylation is 1. The van der Waals surface area contributed by atoms with E-state index in [0.29, 0.717) is 11.4 Å². The highest BCUT2D eigenvalue weighted by molar-refractivity contribution is 7.71. The normalized spacial score (nSPS) is 11.7. The van der Waals surface area contributed by atoms with Gasteiger partial charge in [-0.2, -0.15) is 0 Å². The number of rotatable bonds is 7. The number of hydrogen-bond donors (Lipinski definition) is 0. The Bertz CT molecular complexity index is 1140. The minimum atomic E-state index is 0.586. The van der Waals surface area contributed by atoms with Crippen molar-refractivity contribution in [2.24, 2.45) is 0 Å². The number of para-hydroxylation sites is 1. The molecular formula is C21H24N4O2S. The molecule has 7 heteroatoms. The summed E-state index contributed by atoms with van der Waals surface area (Å²) in [7, 11) is 2.07. The summed E-state index contributed by atoms with van der Waals surface area (Å²) in [5.74, 6) is 2.52. The van der Waals surface area contributed by atoms with Crippen LogP contribution in [-0.4, -0.2) is 26.3 Å². The summed E-state index contributed by atoms with van der Waals surface area (Å²) >= 11 is 5.65. The van der Waals surface area contributed by atoms with E-state index in [-0.39, 0.29) is 0 Å². The van der Waals surface area contributed by atoms with Crippen LogP contribution in [0.25, 0.3) is 22.6 Å². The van der Waals surface area contributed by atoms with Crippen LogP contribution in [0.3, 0.4) is 0 Å². The van der Waals surface area contributed by atoms with E-state index in [1.54, 1.807) is 6.26 Å². The molecule has 3 heterocycles. The Morgan fingerprint density at radius 2 is 1.96 bits per heavy atom. The van der Waals surface area contributed by atoms with Gasteiger partial charge in [-0.25, -0.2) is 4.68 Å². The second kappa shape index (κ2) is 7.77. The highest BCUT2D eigenvalue weighted by Gasteiger charge is 2.17. The average molecular weight is 397 g/mol. The zero-order valence-corrected chi connectivity index (χ0v) is 17.2. The lowest BCUT2D eigenvalue weighted by atomic mass is 10.1. The van der Waals surface area contributed by atoms with Crippen molar-refractivity contribution in [1.29, 1.82) is 0 Å². The van der Waals surface area contributed by atoms with Crippen LogP contribution in [0.5, 0.6) is 0 Å². The second-order valence-corrected chi connectivity index (χ2v) is 7.20. The highest BCUT2D eigenvalue weighted by atomic mass is 32.1. The molecule has 3 aromatic heterocycles. The molecule has 0 saturated carbocycles. The van der Waals surface area contributed by atoms with Crippen LogP contribution in [0, 0.1) is 4.77 Å². The van der Waals surface area contributed by atoms with Gasteiger partial charge in [-0.3, -0.25) is 9.47 Å². The van der Waals surface area contributed by atoms with Crippen LogP contribution in [0.15, 0.2) is 51.5 Å². The van der Waals surface area contributed by atoms with Gasteiger partial charge in [0.2, 0.25) is 0 Å². The predicted molar refractivity (Wildman–Crippen MR) is 111 cm³/mol. The van der Waals surface area contributed by atoms with Gasteiger partial charge in [0.25, 0.3) is 0 Å². The van der Waals surface area contributed by atoms with Gasteiger partial charge < -0.3 is 8.83 Å². The molecule has 0 aliphatic rings. The zero-order valence-electron chi connectivity index (χ0n) is 16.4. The molecule has 28 heavy (non-hydrogen) atoms. The Morgan fingerprint density at radius 3 is 2.68 bits per heavy atom. The van der Waals surface area contributed by atoms with Gasteiger partial charge in [-0.05, 0) is 44.4 Å². The lowest BCUT2D eigenvalue weighted by Gasteiger charge is -2.16. The number of hydrogen-bond acceptors (Lipinski definition) is 5. The van der Waals surface area contributed by atoms with Crippen LogP contribution >= 0.6 is 12.2 Å². The first kappa shape index (κ1) is 18.7. The van der Waals surface area contributed by atoms with Crippen molar-refractivity contribution >= 4 is 23.2 Å². The van der Waals surface area contributed by atoms with Crippen LogP contribution in [0.2, 0.25) is 0 Å². The van der Waals surface area contributed by atoms with Gasteiger partial charge in [0.05, 0.1) is 12.9 Å². The molecule has 0 radical (unpaired) electrons. The van der Waals surface area contributed by atoms with E-state index < -0.39 is 0 Å². The van der Waals surface area contributed by atoms with Crippen LogP contribution in [-0.2, 0) is 26.2 Å². The summed E-state index contributed by atoms with van der Waals surface area (Å²) < 4.78 is 16.1. The molecule has 0 spiro atoms. The van der Waals surface area contributed by atoms with E-state index in [9.17, 15) is 0 Å². The van der Waals surface area contributed by atoms with Crippen molar-refractivity contribution in [2.45, 2.75) is 40.0 Å². The summed E-state index contributed by atoms with van der Waals surface area (Å²) in [6.07, 6.45) is 2.52. The SMILES string of the molecule is CCc1oc2ccccc2c1CN(C)Cn1nc(-c2ccco2)n(CC)c1=S. The Balaban J connectivity index is 1.62. The van der Waals surface area contributed by atoms with Crippen molar-refractivity contribution in [3.63, 3.8) is 0 Å². The van der Waals surface area contributed by atoms with Crippen molar-refractivity contribution in [2.75, 3.05) is 7.05 Å². The third-order valence-electron chi connectivity index (χ3n) is 4.89. The van der Waals surface area contributed by atoms with Crippen molar-refractivity contribution in [3.8, 4) is 11.6 Å². The quantitative estimate of drug-likeness (QED) is 0.407. The Morgan fingerprint density at radius 1 is 1.14 bits per heavy atom. The van der Waals surface area contributed by atoms with Gasteiger partial charge in [0, 0.05) is 30.5 Å². The molecule has 0 aliphatic heterocycles. The number of benzene rings is 1. The number of furan rings is 2. The van der Waals surface area contributed by atoms with Gasteiger partial charge in [-0.15, -0.1) is 5.10 Å². The van der Waals surface area contributed by atoms with Crippen molar-refractivity contribution in [1.82, 2.24) is 19.2 Å². The summed E-state index contributed by atoms with van der Waals surface area (Å²) in [6.45, 7) is 6.27. The van der Waals surface area contributed by atoms with Gasteiger partial charge in [0.15, 0.2) is 16.4 Å². The first-order valence-corrected chi connectivity index (χ1v) is 9.92. The Kier molecular flexibility index (Phi) is 5.19. The zero-order chi connectivity index (χ0) is 19.7. The third kappa shape index (κ3) is 3.31. The first-order chi connectivity index (χ1) is 13.6. The molecule has 0 unspecified atom stereocenters. The fraction of sp³-hybridized carbons (Fsp3) is 0.333. The molecule has 0 aliphatic carbocycles. The lowest BCUT2D eigenvalue weighted by molar-refractivity contribution is 0.243. The van der Waals surface area contributed by atoms with Gasteiger partial charge in [-0.1, -0.05) is 25.1 Å². The van der Waals surface area contributed by atoms with Crippen molar-refractivity contribution < 1.29 is 8.83 Å². The van der Waals surface area contributed by atoms with E-state index in [1.165, 1.54) is 10.9 Å². The number of fused-ring (bicyclic) bond motifs is 1. The number of aromatic nitrogens is 3. The summed E-state index contributed by atoms with van der Waals surface area (Å²) in [4.78, 5) is 2.20. The van der Waals surface area contributed by atoms with E-state index in [4.69, 9.17) is 26.2 Å². The molecule has 6 nitrogen and oxygen atoms in total. The maximum absolute atomic E-state index is 6.03. The summed E-state index contributed by atoms with van der Waals surface area (Å²) in [6, 6.07) is 12.0. The lowest BCUT2D eigenvalue weighted by Crippen LogP contribution is -2.23. The molecule has 0 N–H and O–H groups in total. The molecule has 0 saturated heterocycles. The average Bonchev–Trinajstić information content (AvgIpc) is 3.41. The second-order valence-electron chi connectivity index (χ2n) is 6.84. The van der Waals surface area contributed by atoms with E-state index in [1.807, 2.05) is 33.5 Å². The molecule has 4 rings (SSSR count). The number of nitrogens with zero attached hydrogens (tertiary/aromatic N) is 4. The standard InChI is InChI=1S/C21H24N4O2S/c1-4-17-16(15-9-6-7-10-18(15)27-17)13-23(3)14-25-21(28)24(5-2)20(22-25)19-11-8-12-26-19/h6-12H,4-5,13-14H2,1-3H3. The van der Waals surface area contributed by atoms with Crippen LogP contribution in [0.1, 0.15) is 25.2 Å². The van der Waals surface area contributed by atoms with E-state index in [2.05, 4.69) is 37.9 Å². The van der Waals surface area contributed by atoms with Gasteiger partial charge in [0.1, 0.15) is 11.3 Å². The molecule has 4 aromatic rings. The van der Waals surface area contributed by atoms with Gasteiger partial charge >= 0.3 is 0 Å². The minimum absolute atomic E-state index is 0.586. The Hall–Kier alpha value is -2.64. The fourth-order valence-corrected chi connectivity index (χ4v) is 3.88. The summed E-state index contributed by atoms with van der Waals surface area (Å²) in [5.41, 5.74) is 2.17. The van der Waals surface area contributed by atoms with Crippen LogP contribution in [0.4, 0.5) is 0 Å². The monoisotopic (exact) mass is 396 g/mol.